The van der Waals surface area contributed by atoms with E-state index in [2.05, 4.69) is 63.0 Å². The summed E-state index contributed by atoms with van der Waals surface area (Å²) in [6, 6.07) is 22.5. The minimum atomic E-state index is -0.340. The van der Waals surface area contributed by atoms with E-state index in [0.29, 0.717) is 13.0 Å². The summed E-state index contributed by atoms with van der Waals surface area (Å²) in [7, 11) is 1.43. The number of piperidine rings is 1. The molecular weight excluding hydrogens is 528 g/mol. The zero-order valence-corrected chi connectivity index (χ0v) is 23.9. The van der Waals surface area contributed by atoms with Crippen LogP contribution in [0.1, 0.15) is 49.2 Å². The van der Waals surface area contributed by atoms with E-state index in [1.165, 1.54) is 17.5 Å². The fraction of sp³-hybridized carbons (Fsp3) is 0.344. The number of rotatable bonds is 3. The second-order valence-corrected chi connectivity index (χ2v) is 11.3. The van der Waals surface area contributed by atoms with E-state index in [0.717, 1.165) is 71.4 Å². The number of likely N-dealkylation sites (tertiary alicyclic amines) is 1. The van der Waals surface area contributed by atoms with Crippen LogP contribution in [-0.4, -0.2) is 67.7 Å². The highest BCUT2D eigenvalue weighted by atomic mass is 16.5. The lowest BCUT2D eigenvalue weighted by molar-refractivity contribution is 0.175. The Hall–Kier alpha value is -4.73. The number of fused-ring (bicyclic) bond motifs is 4. The molecule has 7 rings (SSSR count). The van der Waals surface area contributed by atoms with Gasteiger partial charge in [0.2, 0.25) is 5.96 Å². The largest absolute Gasteiger partial charge is 0.452 e. The number of hydrogen-bond acceptors (Lipinski definition) is 6. The van der Waals surface area contributed by atoms with Crippen LogP contribution in [0.5, 0.6) is 0 Å². The van der Waals surface area contributed by atoms with Gasteiger partial charge in [0.05, 0.1) is 29.9 Å². The topological polar surface area (TPSA) is 105 Å². The Labute approximate surface area is 244 Å². The van der Waals surface area contributed by atoms with E-state index in [9.17, 15) is 4.79 Å². The first-order valence-electron chi connectivity index (χ1n) is 14.6. The molecule has 1 saturated heterocycles. The number of nitrogens with zero attached hydrogens (tertiary/aromatic N) is 7. The van der Waals surface area contributed by atoms with Crippen LogP contribution in [0.15, 0.2) is 66.7 Å². The molecule has 1 amide bonds. The number of aromatic nitrogens is 5. The van der Waals surface area contributed by atoms with Crippen molar-refractivity contribution in [2.24, 2.45) is 0 Å². The van der Waals surface area contributed by atoms with Crippen molar-refractivity contribution < 1.29 is 9.53 Å². The average Bonchev–Trinajstić information content (AvgIpc) is 3.62. The van der Waals surface area contributed by atoms with Crippen molar-refractivity contribution in [2.75, 3.05) is 25.1 Å². The van der Waals surface area contributed by atoms with Crippen LogP contribution in [0, 0.1) is 5.41 Å². The van der Waals surface area contributed by atoms with Gasteiger partial charge in [-0.1, -0.05) is 42.5 Å². The van der Waals surface area contributed by atoms with Gasteiger partial charge in [0.25, 0.3) is 0 Å². The van der Waals surface area contributed by atoms with E-state index in [1.807, 2.05) is 30.3 Å². The number of amides is 1. The Morgan fingerprint density at radius 3 is 2.48 bits per heavy atom. The van der Waals surface area contributed by atoms with Gasteiger partial charge in [-0.2, -0.15) is 0 Å². The fourth-order valence-electron chi connectivity index (χ4n) is 6.57. The number of nitrogens with one attached hydrogen (secondary N) is 1. The maximum Gasteiger partial charge on any atom is 0.414 e. The van der Waals surface area contributed by atoms with Crippen molar-refractivity contribution in [2.45, 2.75) is 51.1 Å². The average molecular weight is 563 g/mol. The smallest absolute Gasteiger partial charge is 0.414 e. The first kappa shape index (κ1) is 26.2. The van der Waals surface area contributed by atoms with Crippen LogP contribution in [0.25, 0.3) is 22.1 Å². The Morgan fingerprint density at radius 2 is 1.74 bits per heavy atom. The molecular formula is C32H34N8O2. The van der Waals surface area contributed by atoms with Crippen molar-refractivity contribution in [3.8, 4) is 0 Å². The summed E-state index contributed by atoms with van der Waals surface area (Å²) in [6.45, 7) is 3.49. The van der Waals surface area contributed by atoms with E-state index in [4.69, 9.17) is 15.1 Å². The molecule has 0 spiro atoms. The van der Waals surface area contributed by atoms with Gasteiger partial charge in [-0.3, -0.25) is 10.3 Å². The van der Waals surface area contributed by atoms with Crippen LogP contribution in [0.3, 0.4) is 0 Å². The predicted octanol–water partition coefficient (Wildman–Crippen LogP) is 5.40. The zero-order chi connectivity index (χ0) is 28.8. The molecule has 0 unspecified atom stereocenters. The van der Waals surface area contributed by atoms with Crippen molar-refractivity contribution in [3.63, 3.8) is 0 Å². The summed E-state index contributed by atoms with van der Waals surface area (Å²) in [4.78, 5) is 23.3. The predicted molar refractivity (Wildman–Crippen MR) is 162 cm³/mol. The molecule has 0 aliphatic carbocycles. The molecule has 2 atom stereocenters. The number of aryl methyl sites for hydroxylation is 1. The Morgan fingerprint density at radius 1 is 1.00 bits per heavy atom. The van der Waals surface area contributed by atoms with Gasteiger partial charge in [-0.15, -0.1) is 15.0 Å². The molecule has 10 nitrogen and oxygen atoms in total. The normalized spacial score (nSPS) is 18.8. The molecule has 0 bridgehead atoms. The number of carbonyl (C=O) groups excluding carboxylic acids is 1. The van der Waals surface area contributed by atoms with Crippen molar-refractivity contribution in [1.82, 2.24) is 29.4 Å². The number of ether oxygens (including phenoxy) is 1. The van der Waals surface area contributed by atoms with Crippen LogP contribution >= 0.6 is 0 Å². The molecule has 1 N–H and O–H groups in total. The van der Waals surface area contributed by atoms with E-state index in [-0.39, 0.29) is 24.1 Å². The second-order valence-electron chi connectivity index (χ2n) is 11.3. The summed E-state index contributed by atoms with van der Waals surface area (Å²) < 4.78 is 7.53. The van der Waals surface area contributed by atoms with Crippen molar-refractivity contribution >= 4 is 39.8 Å². The van der Waals surface area contributed by atoms with Gasteiger partial charge >= 0.3 is 6.09 Å². The van der Waals surface area contributed by atoms with E-state index >= 15 is 0 Å². The van der Waals surface area contributed by atoms with Gasteiger partial charge in [-0.05, 0) is 62.4 Å². The molecule has 5 aromatic rings. The second kappa shape index (κ2) is 10.6. The lowest BCUT2D eigenvalue weighted by Gasteiger charge is -2.35. The van der Waals surface area contributed by atoms with Crippen molar-refractivity contribution in [1.29, 1.82) is 5.41 Å². The van der Waals surface area contributed by atoms with Gasteiger partial charge < -0.3 is 14.2 Å². The fourth-order valence-corrected chi connectivity index (χ4v) is 6.57. The lowest BCUT2D eigenvalue weighted by atomic mass is 9.95. The molecule has 2 aromatic heterocycles. The lowest BCUT2D eigenvalue weighted by Crippen LogP contribution is -2.44. The van der Waals surface area contributed by atoms with Gasteiger partial charge in [-0.25, -0.2) is 9.78 Å². The molecule has 1 fully saturated rings. The van der Waals surface area contributed by atoms with Gasteiger partial charge in [0, 0.05) is 31.1 Å². The highest BCUT2D eigenvalue weighted by molar-refractivity contribution is 5.95. The molecule has 3 aromatic carbocycles. The highest BCUT2D eigenvalue weighted by Crippen LogP contribution is 2.38. The number of imidazole rings is 1. The van der Waals surface area contributed by atoms with Gasteiger partial charge in [0.1, 0.15) is 16.9 Å². The van der Waals surface area contributed by atoms with Crippen LogP contribution in [-0.2, 0) is 17.6 Å². The molecule has 214 valence electrons. The van der Waals surface area contributed by atoms with Crippen LogP contribution in [0.4, 0.5) is 10.5 Å². The molecule has 42 heavy (non-hydrogen) atoms. The summed E-state index contributed by atoms with van der Waals surface area (Å²) in [5.41, 5.74) is 6.75. The highest BCUT2D eigenvalue weighted by Gasteiger charge is 2.33. The Balaban J connectivity index is 1.29. The minimum absolute atomic E-state index is 0.0544. The summed E-state index contributed by atoms with van der Waals surface area (Å²) >= 11 is 0. The Kier molecular flexibility index (Phi) is 6.60. The third-order valence-electron chi connectivity index (χ3n) is 8.64. The molecule has 2 aliphatic heterocycles. The van der Waals surface area contributed by atoms with Crippen molar-refractivity contribution in [3.05, 3.63) is 83.7 Å². The number of methoxy groups -OCH3 is 1. The first-order chi connectivity index (χ1) is 20.5. The summed E-state index contributed by atoms with van der Waals surface area (Å²) in [6.07, 6.45) is 3.98. The number of hydrogen-bond donors (Lipinski definition) is 1. The molecule has 10 heteroatoms. The molecule has 4 heterocycles. The van der Waals surface area contributed by atoms with E-state index < -0.39 is 0 Å². The zero-order valence-electron chi connectivity index (χ0n) is 23.9. The maximum atomic E-state index is 12.8. The quantitative estimate of drug-likeness (QED) is 0.233. The van der Waals surface area contributed by atoms with Crippen LogP contribution in [0.2, 0.25) is 0 Å². The summed E-state index contributed by atoms with van der Waals surface area (Å²) in [5.74, 6) is 1.28. The molecule has 0 radical (unpaired) electrons. The summed E-state index contributed by atoms with van der Waals surface area (Å²) in [5, 5.41) is 18.1. The SMILES string of the molecule is COC(=O)N1c2ccc3c(nc(Cc4ccccc4)n3[C@@H]3CCCN(C(=N)n4nc5ccccc5n4)C3)c2CC[C@@H]1C. The third kappa shape index (κ3) is 4.47. The molecule has 0 saturated carbocycles. The number of carbonyl (C=O) groups is 1. The monoisotopic (exact) mass is 562 g/mol. The maximum absolute atomic E-state index is 12.8. The number of anilines is 1. The van der Waals surface area contributed by atoms with E-state index in [1.54, 1.807) is 4.90 Å². The van der Waals surface area contributed by atoms with Gasteiger partial charge in [0.15, 0.2) is 0 Å². The first-order valence-corrected chi connectivity index (χ1v) is 14.6. The Bertz CT molecular complexity index is 1760. The number of benzene rings is 3. The standard InChI is InChI=1S/C32H34N8O2/c1-21-14-15-24-27(38(21)32(41)42-2)16-17-28-30(24)34-29(19-22-9-4-3-5-10-22)39(28)23-11-8-18-37(20-23)31(33)40-35-25-12-6-7-13-26(25)36-40/h3-7,9-10,12-13,16-17,21,23,33H,8,11,14-15,18-20H2,1-2H3/t21-,23+/m0/s1. The molecule has 2 aliphatic rings. The minimum Gasteiger partial charge on any atom is -0.452 e. The van der Waals surface area contributed by atoms with Crippen LogP contribution < -0.4 is 4.90 Å². The third-order valence-corrected chi connectivity index (χ3v) is 8.64.